The second-order valence-electron chi connectivity index (χ2n) is 7.08. The van der Waals surface area contributed by atoms with Crippen molar-refractivity contribution in [3.8, 4) is 0 Å². The molecule has 1 heterocycles. The number of carbonyl (C=O) groups excluding carboxylic acids is 2. The summed E-state index contributed by atoms with van der Waals surface area (Å²) in [6.07, 6.45) is 0.535. The van der Waals surface area contributed by atoms with E-state index in [9.17, 15) is 18.4 Å². The highest BCUT2D eigenvalue weighted by molar-refractivity contribution is 5.95. The predicted octanol–water partition coefficient (Wildman–Crippen LogP) is 3.79. The lowest BCUT2D eigenvalue weighted by Gasteiger charge is -2.10. The maximum atomic E-state index is 14.0. The summed E-state index contributed by atoms with van der Waals surface area (Å²) in [5, 5.41) is 6.90. The van der Waals surface area contributed by atoms with E-state index in [4.69, 9.17) is 0 Å². The van der Waals surface area contributed by atoms with Crippen LogP contribution in [0.25, 0.3) is 0 Å². The SMILES string of the molecule is COC(=O)c1cc(NC(=O)CCc2c(C)nn(CC(C)C)c2C)c(F)cc1F. The third-order valence-electron chi connectivity index (χ3n) is 4.41. The summed E-state index contributed by atoms with van der Waals surface area (Å²) < 4.78 is 34.0. The Morgan fingerprint density at radius 1 is 1.21 bits per heavy atom. The minimum Gasteiger partial charge on any atom is -0.465 e. The molecule has 152 valence electrons. The van der Waals surface area contributed by atoms with Crippen molar-refractivity contribution in [2.45, 2.75) is 47.1 Å². The van der Waals surface area contributed by atoms with Crippen molar-refractivity contribution in [3.05, 3.63) is 46.3 Å². The molecule has 0 atom stereocenters. The van der Waals surface area contributed by atoms with Crippen molar-refractivity contribution in [2.75, 3.05) is 12.4 Å². The number of esters is 1. The molecule has 0 saturated carbocycles. The standard InChI is InChI=1S/C20H25F2N3O3/c1-11(2)10-25-13(4)14(12(3)24-25)6-7-19(26)23-18-8-15(20(27)28-5)16(21)9-17(18)22/h8-9,11H,6-7,10H2,1-5H3,(H,23,26). The summed E-state index contributed by atoms with van der Waals surface area (Å²) in [7, 11) is 1.09. The lowest BCUT2D eigenvalue weighted by molar-refractivity contribution is -0.116. The van der Waals surface area contributed by atoms with Crippen molar-refractivity contribution >= 4 is 17.6 Å². The molecular formula is C20H25F2N3O3. The molecule has 2 aromatic rings. The molecule has 0 aliphatic heterocycles. The maximum absolute atomic E-state index is 14.0. The van der Waals surface area contributed by atoms with E-state index in [1.165, 1.54) is 0 Å². The minimum atomic E-state index is -1.05. The summed E-state index contributed by atoms with van der Waals surface area (Å²) in [4.78, 5) is 23.8. The third kappa shape index (κ3) is 4.94. The molecule has 0 aliphatic carbocycles. The van der Waals surface area contributed by atoms with Crippen molar-refractivity contribution in [1.82, 2.24) is 9.78 Å². The fraction of sp³-hybridized carbons (Fsp3) is 0.450. The first kappa shape index (κ1) is 21.5. The van der Waals surface area contributed by atoms with Crippen molar-refractivity contribution in [1.29, 1.82) is 0 Å². The Kier molecular flexibility index (Phi) is 6.88. The van der Waals surface area contributed by atoms with E-state index in [1.807, 2.05) is 18.5 Å². The molecule has 1 aromatic carbocycles. The Balaban J connectivity index is 2.10. The zero-order valence-corrected chi connectivity index (χ0v) is 16.7. The number of ether oxygens (including phenoxy) is 1. The van der Waals surface area contributed by atoms with Gasteiger partial charge >= 0.3 is 5.97 Å². The quantitative estimate of drug-likeness (QED) is 0.727. The van der Waals surface area contributed by atoms with Gasteiger partial charge in [0.1, 0.15) is 11.6 Å². The van der Waals surface area contributed by atoms with E-state index >= 15 is 0 Å². The van der Waals surface area contributed by atoms with Gasteiger partial charge in [-0.05, 0) is 37.8 Å². The molecule has 1 amide bonds. The smallest absolute Gasteiger partial charge is 0.340 e. The first-order valence-electron chi connectivity index (χ1n) is 9.04. The predicted molar refractivity (Wildman–Crippen MR) is 101 cm³/mol. The number of halogens is 2. The van der Waals surface area contributed by atoms with Gasteiger partial charge in [-0.1, -0.05) is 13.8 Å². The monoisotopic (exact) mass is 393 g/mol. The molecule has 1 N–H and O–H groups in total. The van der Waals surface area contributed by atoms with Gasteiger partial charge in [0.2, 0.25) is 5.91 Å². The molecule has 8 heteroatoms. The third-order valence-corrected chi connectivity index (χ3v) is 4.41. The average molecular weight is 393 g/mol. The highest BCUT2D eigenvalue weighted by Gasteiger charge is 2.19. The van der Waals surface area contributed by atoms with Crippen LogP contribution in [0.5, 0.6) is 0 Å². The van der Waals surface area contributed by atoms with Gasteiger partial charge in [0.15, 0.2) is 0 Å². The highest BCUT2D eigenvalue weighted by atomic mass is 19.1. The zero-order chi connectivity index (χ0) is 21.0. The van der Waals surface area contributed by atoms with Gasteiger partial charge in [-0.25, -0.2) is 13.6 Å². The van der Waals surface area contributed by atoms with Crippen LogP contribution in [0.4, 0.5) is 14.5 Å². The van der Waals surface area contributed by atoms with Gasteiger partial charge in [-0.3, -0.25) is 9.48 Å². The van der Waals surface area contributed by atoms with Gasteiger partial charge in [-0.15, -0.1) is 0 Å². The van der Waals surface area contributed by atoms with Crippen LogP contribution < -0.4 is 5.32 Å². The highest BCUT2D eigenvalue weighted by Crippen LogP contribution is 2.21. The Hall–Kier alpha value is -2.77. The van der Waals surface area contributed by atoms with E-state index in [-0.39, 0.29) is 12.1 Å². The number of carbonyl (C=O) groups is 2. The number of benzene rings is 1. The molecule has 0 aliphatic rings. The van der Waals surface area contributed by atoms with Crippen molar-refractivity contribution in [2.24, 2.45) is 5.92 Å². The van der Waals surface area contributed by atoms with Crippen LogP contribution >= 0.6 is 0 Å². The molecule has 0 saturated heterocycles. The molecule has 28 heavy (non-hydrogen) atoms. The van der Waals surface area contributed by atoms with Crippen LogP contribution in [0.2, 0.25) is 0 Å². The summed E-state index contributed by atoms with van der Waals surface area (Å²) >= 11 is 0. The molecule has 6 nitrogen and oxygen atoms in total. The summed E-state index contributed by atoms with van der Waals surface area (Å²) in [6, 6.07) is 1.48. The van der Waals surface area contributed by atoms with Crippen molar-refractivity contribution in [3.63, 3.8) is 0 Å². The molecule has 1 aromatic heterocycles. The Labute approximate surface area is 162 Å². The van der Waals surface area contributed by atoms with E-state index in [1.54, 1.807) is 0 Å². The number of hydrogen-bond donors (Lipinski definition) is 1. The largest absolute Gasteiger partial charge is 0.465 e. The average Bonchev–Trinajstić information content (AvgIpc) is 2.87. The number of aromatic nitrogens is 2. The summed E-state index contributed by atoms with van der Waals surface area (Å²) in [5.41, 5.74) is 2.12. The topological polar surface area (TPSA) is 73.2 Å². The maximum Gasteiger partial charge on any atom is 0.340 e. The molecule has 0 unspecified atom stereocenters. The Bertz CT molecular complexity index is 891. The Morgan fingerprint density at radius 2 is 1.89 bits per heavy atom. The van der Waals surface area contributed by atoms with Crippen LogP contribution in [-0.4, -0.2) is 28.8 Å². The number of nitrogens with zero attached hydrogens (tertiary/aromatic N) is 2. The summed E-state index contributed by atoms with van der Waals surface area (Å²) in [5.74, 6) is -2.96. The van der Waals surface area contributed by atoms with Gasteiger partial charge in [-0.2, -0.15) is 5.10 Å². The van der Waals surface area contributed by atoms with Crippen LogP contribution in [0.1, 0.15) is 47.6 Å². The number of anilines is 1. The van der Waals surface area contributed by atoms with E-state index in [0.717, 1.165) is 36.7 Å². The molecule has 2 rings (SSSR count). The molecular weight excluding hydrogens is 368 g/mol. The lowest BCUT2D eigenvalue weighted by Crippen LogP contribution is -2.15. The first-order valence-corrected chi connectivity index (χ1v) is 9.04. The fourth-order valence-corrected chi connectivity index (χ4v) is 2.98. The van der Waals surface area contributed by atoms with E-state index in [2.05, 4.69) is 29.0 Å². The molecule has 0 spiro atoms. The number of amides is 1. The number of aryl methyl sites for hydroxylation is 1. The van der Waals surface area contributed by atoms with Crippen LogP contribution in [0.3, 0.4) is 0 Å². The summed E-state index contributed by atoms with van der Waals surface area (Å²) in [6.45, 7) is 8.83. The first-order chi connectivity index (χ1) is 13.1. The molecule has 0 bridgehead atoms. The van der Waals surface area contributed by atoms with Crippen LogP contribution in [-0.2, 0) is 22.5 Å². The van der Waals surface area contributed by atoms with E-state index < -0.39 is 29.1 Å². The van der Waals surface area contributed by atoms with Gasteiger partial charge in [0, 0.05) is 24.7 Å². The van der Waals surface area contributed by atoms with Crippen LogP contribution in [0, 0.1) is 31.4 Å². The second kappa shape index (κ2) is 8.95. The Morgan fingerprint density at radius 3 is 2.50 bits per heavy atom. The zero-order valence-electron chi connectivity index (χ0n) is 16.7. The minimum absolute atomic E-state index is 0.0967. The fourth-order valence-electron chi connectivity index (χ4n) is 2.98. The second-order valence-corrected chi connectivity index (χ2v) is 7.08. The van der Waals surface area contributed by atoms with Gasteiger partial charge < -0.3 is 10.1 Å². The molecule has 0 radical (unpaired) electrons. The van der Waals surface area contributed by atoms with Crippen molar-refractivity contribution < 1.29 is 23.1 Å². The van der Waals surface area contributed by atoms with Gasteiger partial charge in [0.05, 0.1) is 24.1 Å². The number of rotatable bonds is 7. The molecule has 0 fully saturated rings. The number of nitrogens with one attached hydrogen (secondary N) is 1. The van der Waals surface area contributed by atoms with Crippen LogP contribution in [0.15, 0.2) is 12.1 Å². The van der Waals surface area contributed by atoms with E-state index in [0.29, 0.717) is 18.4 Å². The van der Waals surface area contributed by atoms with Gasteiger partial charge in [0.25, 0.3) is 0 Å². The number of hydrogen-bond acceptors (Lipinski definition) is 4. The number of methoxy groups -OCH3 is 1. The normalized spacial score (nSPS) is 11.0. The lowest BCUT2D eigenvalue weighted by atomic mass is 10.1.